The monoisotopic (exact) mass is 319 g/mol. The number of carbonyl (C=O) groups is 1. The summed E-state index contributed by atoms with van der Waals surface area (Å²) in [6, 6.07) is 7.43. The zero-order valence-electron chi connectivity index (χ0n) is 11.9. The number of aromatic hydroxyl groups is 1. The van der Waals surface area contributed by atoms with Gasteiger partial charge in [-0.2, -0.15) is 9.78 Å². The zero-order valence-corrected chi connectivity index (χ0v) is 12.7. The third-order valence-corrected chi connectivity index (χ3v) is 3.12. The van der Waals surface area contributed by atoms with Gasteiger partial charge in [0.2, 0.25) is 4.77 Å². The van der Waals surface area contributed by atoms with Gasteiger partial charge in [0, 0.05) is 6.07 Å². The molecule has 0 radical (unpaired) electrons. The number of carbonyl (C=O) groups excluding carboxylic acids is 1. The minimum absolute atomic E-state index is 0.0222. The summed E-state index contributed by atoms with van der Waals surface area (Å²) in [6.45, 7) is 1.71. The predicted molar refractivity (Wildman–Crippen MR) is 82.9 cm³/mol. The van der Waals surface area contributed by atoms with Gasteiger partial charge >= 0.3 is 5.97 Å². The van der Waals surface area contributed by atoms with Crippen LogP contribution in [0.25, 0.3) is 0 Å². The first-order valence-corrected chi connectivity index (χ1v) is 6.63. The van der Waals surface area contributed by atoms with Crippen LogP contribution in [0.15, 0.2) is 40.2 Å². The summed E-state index contributed by atoms with van der Waals surface area (Å²) < 4.78 is 5.74. The Kier molecular flexibility index (Phi) is 4.52. The first-order chi connectivity index (χ1) is 10.4. The first kappa shape index (κ1) is 15.6. The van der Waals surface area contributed by atoms with Crippen LogP contribution in [0.5, 0.6) is 5.75 Å². The quantitative estimate of drug-likeness (QED) is 0.509. The summed E-state index contributed by atoms with van der Waals surface area (Å²) in [6.07, 6.45) is 0. The molecule has 22 heavy (non-hydrogen) atoms. The summed E-state index contributed by atoms with van der Waals surface area (Å²) in [5, 5.41) is 13.5. The van der Waals surface area contributed by atoms with Crippen LogP contribution in [0.2, 0.25) is 0 Å². The van der Waals surface area contributed by atoms with Gasteiger partial charge in [-0.15, -0.1) is 0 Å². The number of benzene rings is 1. The number of ether oxygens (including phenoxy) is 1. The Morgan fingerprint density at radius 1 is 1.36 bits per heavy atom. The van der Waals surface area contributed by atoms with Crippen molar-refractivity contribution in [1.82, 2.24) is 9.66 Å². The van der Waals surface area contributed by atoms with Crippen molar-refractivity contribution in [2.45, 2.75) is 6.92 Å². The van der Waals surface area contributed by atoms with Crippen LogP contribution in [0, 0.1) is 4.77 Å². The molecule has 1 aromatic heterocycles. The number of phenolic OH excluding ortho intramolecular Hbond substituents is 1. The number of esters is 1. The van der Waals surface area contributed by atoms with E-state index in [1.165, 1.54) is 19.2 Å². The van der Waals surface area contributed by atoms with Crippen molar-refractivity contribution in [2.75, 3.05) is 7.11 Å². The second-order valence-electron chi connectivity index (χ2n) is 4.36. The van der Waals surface area contributed by atoms with E-state index in [2.05, 4.69) is 14.8 Å². The van der Waals surface area contributed by atoms with Gasteiger partial charge < -0.3 is 9.84 Å². The normalized spacial score (nSPS) is 11.3. The predicted octanol–water partition coefficient (Wildman–Crippen LogP) is 1.67. The Hall–Kier alpha value is -2.74. The molecular weight excluding hydrogens is 306 g/mol. The average molecular weight is 319 g/mol. The maximum atomic E-state index is 11.8. The minimum atomic E-state index is -0.723. The molecule has 0 aliphatic heterocycles. The van der Waals surface area contributed by atoms with E-state index in [0.717, 1.165) is 16.3 Å². The highest BCUT2D eigenvalue weighted by atomic mass is 32.1. The van der Waals surface area contributed by atoms with Crippen LogP contribution >= 0.6 is 12.2 Å². The van der Waals surface area contributed by atoms with Crippen molar-refractivity contribution in [3.63, 3.8) is 0 Å². The zero-order chi connectivity index (χ0) is 16.3. The van der Waals surface area contributed by atoms with Gasteiger partial charge in [0.15, 0.2) is 5.69 Å². The van der Waals surface area contributed by atoms with Crippen LogP contribution in [0.1, 0.15) is 23.0 Å². The van der Waals surface area contributed by atoms with Gasteiger partial charge in [0.25, 0.3) is 5.56 Å². The van der Waals surface area contributed by atoms with Gasteiger partial charge in [-0.05, 0) is 49.0 Å². The van der Waals surface area contributed by atoms with Crippen molar-refractivity contribution in [3.05, 3.63) is 56.7 Å². The summed E-state index contributed by atoms with van der Waals surface area (Å²) in [7, 11) is 1.20. The van der Waals surface area contributed by atoms with Gasteiger partial charge in [-0.3, -0.25) is 9.78 Å². The fraction of sp³-hybridized carbons (Fsp3) is 0.143. The topological polar surface area (TPSA) is 96.7 Å². The number of nitrogens with zero attached hydrogens (tertiary/aromatic N) is 2. The summed E-state index contributed by atoms with van der Waals surface area (Å²) in [5.41, 5.74) is 0.670. The molecule has 0 fully saturated rings. The molecule has 0 saturated heterocycles. The van der Waals surface area contributed by atoms with Crippen LogP contribution in [0.4, 0.5) is 0 Å². The van der Waals surface area contributed by atoms with Crippen molar-refractivity contribution in [2.24, 2.45) is 5.10 Å². The Bertz CT molecular complexity index is 850. The molecule has 2 aromatic rings. The fourth-order valence-corrected chi connectivity index (χ4v) is 1.99. The second kappa shape index (κ2) is 6.35. The van der Waals surface area contributed by atoms with Crippen LogP contribution in [0.3, 0.4) is 0 Å². The highest BCUT2D eigenvalue weighted by molar-refractivity contribution is 7.71. The van der Waals surface area contributed by atoms with Crippen LogP contribution in [-0.2, 0) is 4.74 Å². The van der Waals surface area contributed by atoms with Crippen molar-refractivity contribution in [1.29, 1.82) is 0 Å². The number of nitrogens with one attached hydrogen (secondary N) is 1. The molecule has 0 unspecified atom stereocenters. The number of phenols is 1. The van der Waals surface area contributed by atoms with Crippen molar-refractivity contribution < 1.29 is 14.6 Å². The molecule has 0 bridgehead atoms. The molecule has 1 heterocycles. The molecule has 0 aliphatic rings. The molecule has 0 aliphatic carbocycles. The van der Waals surface area contributed by atoms with E-state index < -0.39 is 11.5 Å². The molecule has 0 spiro atoms. The lowest BCUT2D eigenvalue weighted by atomic mass is 10.1. The van der Waals surface area contributed by atoms with E-state index in [-0.39, 0.29) is 16.2 Å². The molecule has 0 atom stereocenters. The highest BCUT2D eigenvalue weighted by Crippen LogP contribution is 2.11. The van der Waals surface area contributed by atoms with Crippen molar-refractivity contribution in [3.8, 4) is 5.75 Å². The average Bonchev–Trinajstić information content (AvgIpc) is 2.49. The third-order valence-electron chi connectivity index (χ3n) is 2.85. The number of methoxy groups -OCH3 is 1. The Balaban J connectivity index is 2.59. The van der Waals surface area contributed by atoms with Gasteiger partial charge in [-0.25, -0.2) is 4.79 Å². The number of aromatic nitrogens is 2. The summed E-state index contributed by atoms with van der Waals surface area (Å²) in [4.78, 5) is 25.6. The number of hydrogen-bond acceptors (Lipinski definition) is 6. The molecule has 0 amide bonds. The Morgan fingerprint density at radius 2 is 2.00 bits per heavy atom. The molecule has 1 aromatic carbocycles. The minimum Gasteiger partial charge on any atom is -0.508 e. The van der Waals surface area contributed by atoms with Crippen LogP contribution < -0.4 is 5.56 Å². The van der Waals surface area contributed by atoms with Gasteiger partial charge in [-0.1, -0.05) is 0 Å². The third kappa shape index (κ3) is 3.29. The fourth-order valence-electron chi connectivity index (χ4n) is 1.75. The number of H-pyrrole nitrogens is 1. The van der Waals surface area contributed by atoms with E-state index in [1.54, 1.807) is 19.1 Å². The first-order valence-electron chi connectivity index (χ1n) is 6.22. The lowest BCUT2D eigenvalue weighted by Crippen LogP contribution is -2.20. The number of rotatable bonds is 3. The number of hydrogen-bond donors (Lipinski definition) is 2. The molecule has 114 valence electrons. The van der Waals surface area contributed by atoms with E-state index in [0.29, 0.717) is 5.71 Å². The molecule has 2 N–H and O–H groups in total. The molecule has 7 nitrogen and oxygen atoms in total. The SMILES string of the molecule is COC(=O)c1cc(=O)[nH]c(=S)n1/N=C(/C)c1ccc(O)cc1. The smallest absolute Gasteiger partial charge is 0.357 e. The lowest BCUT2D eigenvalue weighted by molar-refractivity contribution is 0.0587. The molecule has 8 heteroatoms. The van der Waals surface area contributed by atoms with Gasteiger partial charge in [0.05, 0.1) is 12.8 Å². The van der Waals surface area contributed by atoms with E-state index in [1.807, 2.05) is 0 Å². The maximum absolute atomic E-state index is 11.8. The Morgan fingerprint density at radius 3 is 2.59 bits per heavy atom. The van der Waals surface area contributed by atoms with Crippen LogP contribution in [-0.4, -0.2) is 33.6 Å². The maximum Gasteiger partial charge on any atom is 0.357 e. The number of aromatic amines is 1. The van der Waals surface area contributed by atoms with E-state index >= 15 is 0 Å². The van der Waals surface area contributed by atoms with E-state index in [9.17, 15) is 14.7 Å². The molecular formula is C14H13N3O4S. The van der Waals surface area contributed by atoms with Gasteiger partial charge in [0.1, 0.15) is 5.75 Å². The summed E-state index contributed by atoms with van der Waals surface area (Å²) in [5.74, 6) is -0.591. The highest BCUT2D eigenvalue weighted by Gasteiger charge is 2.13. The standard InChI is InChI=1S/C14H13N3O4S/c1-8(9-3-5-10(18)6-4-9)16-17-11(13(20)21-2)7-12(19)15-14(17)22/h3-7,18H,1-2H3,(H,15,19,22)/b16-8-. The molecule has 0 saturated carbocycles. The Labute approximate surface area is 130 Å². The lowest BCUT2D eigenvalue weighted by Gasteiger charge is -2.08. The largest absolute Gasteiger partial charge is 0.508 e. The molecule has 2 rings (SSSR count). The summed E-state index contributed by atoms with van der Waals surface area (Å²) >= 11 is 5.04. The second-order valence-corrected chi connectivity index (χ2v) is 4.75. The van der Waals surface area contributed by atoms with Crippen molar-refractivity contribution >= 4 is 23.9 Å². The van der Waals surface area contributed by atoms with E-state index in [4.69, 9.17) is 12.2 Å².